The molecule has 154 valence electrons. The molecule has 1 N–H and O–H groups in total. The monoisotopic (exact) mass is 413 g/mol. The predicted molar refractivity (Wildman–Crippen MR) is 112 cm³/mol. The van der Waals surface area contributed by atoms with Gasteiger partial charge in [0.05, 0.1) is 22.8 Å². The van der Waals surface area contributed by atoms with Crippen LogP contribution in [0.3, 0.4) is 0 Å². The fourth-order valence-corrected chi connectivity index (χ4v) is 3.41. The van der Waals surface area contributed by atoms with Gasteiger partial charge in [-0.3, -0.25) is 14.4 Å². The molecule has 0 atom stereocenters. The van der Waals surface area contributed by atoms with Crippen molar-refractivity contribution < 1.29 is 24.3 Å². The number of carbonyl (C=O) groups excluding carboxylic acids is 4. The number of nitrogens with zero attached hydrogens (tertiary/aromatic N) is 1. The molecular weight excluding hydrogens is 396 g/mol. The fraction of sp³-hybridized carbons (Fsp3) is 0.0833. The highest BCUT2D eigenvalue weighted by Crippen LogP contribution is 2.30. The zero-order valence-electron chi connectivity index (χ0n) is 16.8. The highest BCUT2D eigenvalue weighted by Gasteiger charge is 2.37. The molecule has 7 nitrogen and oxygen atoms in total. The number of amides is 3. The Balaban J connectivity index is 1.62. The van der Waals surface area contributed by atoms with Crippen molar-refractivity contribution in [2.75, 3.05) is 10.2 Å². The largest absolute Gasteiger partial charge is 0.545 e. The van der Waals surface area contributed by atoms with Crippen molar-refractivity contribution in [1.82, 2.24) is 0 Å². The molecular formula is C24H17N2O5-. The summed E-state index contributed by atoms with van der Waals surface area (Å²) in [7, 11) is 0. The lowest BCUT2D eigenvalue weighted by Crippen LogP contribution is -2.29. The van der Waals surface area contributed by atoms with E-state index in [1.165, 1.54) is 24.3 Å². The number of imide groups is 1. The maximum absolute atomic E-state index is 12.8. The van der Waals surface area contributed by atoms with E-state index in [0.29, 0.717) is 5.69 Å². The quantitative estimate of drug-likeness (QED) is 0.662. The first-order valence-electron chi connectivity index (χ1n) is 9.49. The molecule has 1 heterocycles. The van der Waals surface area contributed by atoms with Crippen LogP contribution in [0.5, 0.6) is 0 Å². The molecule has 3 aromatic rings. The van der Waals surface area contributed by atoms with Crippen molar-refractivity contribution in [3.05, 3.63) is 94.0 Å². The van der Waals surface area contributed by atoms with Gasteiger partial charge in [-0.15, -0.1) is 0 Å². The van der Waals surface area contributed by atoms with Crippen LogP contribution in [0, 0.1) is 13.8 Å². The molecule has 3 amide bonds. The molecule has 0 saturated carbocycles. The zero-order chi connectivity index (χ0) is 22.3. The normalized spacial score (nSPS) is 12.6. The molecule has 4 rings (SSSR count). The molecule has 0 aromatic heterocycles. The van der Waals surface area contributed by atoms with Gasteiger partial charge in [0.25, 0.3) is 17.7 Å². The summed E-state index contributed by atoms with van der Waals surface area (Å²) in [6, 6.07) is 15.3. The third-order valence-electron chi connectivity index (χ3n) is 5.25. The SMILES string of the molecule is Cc1ccc(NC(=O)c2cccc(N3C(=O)c4ccc(C(=O)[O-])cc4C3=O)c2)cc1C. The van der Waals surface area contributed by atoms with E-state index >= 15 is 0 Å². The van der Waals surface area contributed by atoms with Crippen LogP contribution >= 0.6 is 0 Å². The molecule has 1 aliphatic rings. The van der Waals surface area contributed by atoms with Gasteiger partial charge in [0.1, 0.15) is 0 Å². The lowest BCUT2D eigenvalue weighted by molar-refractivity contribution is -0.255. The first kappa shape index (κ1) is 20.0. The number of anilines is 2. The highest BCUT2D eigenvalue weighted by atomic mass is 16.4. The third-order valence-corrected chi connectivity index (χ3v) is 5.25. The minimum atomic E-state index is -1.44. The lowest BCUT2D eigenvalue weighted by Gasteiger charge is -2.15. The van der Waals surface area contributed by atoms with Crippen LogP contribution in [0.15, 0.2) is 60.7 Å². The third kappa shape index (κ3) is 3.57. The summed E-state index contributed by atoms with van der Waals surface area (Å²) in [5, 5.41) is 13.9. The summed E-state index contributed by atoms with van der Waals surface area (Å²) in [6.45, 7) is 3.92. The van der Waals surface area contributed by atoms with Gasteiger partial charge >= 0.3 is 0 Å². The molecule has 1 aliphatic heterocycles. The van der Waals surface area contributed by atoms with Gasteiger partial charge in [0.2, 0.25) is 0 Å². The molecule has 0 radical (unpaired) electrons. The maximum Gasteiger partial charge on any atom is 0.266 e. The highest BCUT2D eigenvalue weighted by molar-refractivity contribution is 6.34. The van der Waals surface area contributed by atoms with Crippen LogP contribution in [0.1, 0.15) is 52.6 Å². The molecule has 0 unspecified atom stereocenters. The summed E-state index contributed by atoms with van der Waals surface area (Å²) in [5.41, 5.74) is 3.14. The molecule has 0 fully saturated rings. The number of aromatic carboxylic acids is 1. The maximum atomic E-state index is 12.8. The Kier molecular flexibility index (Phi) is 4.87. The van der Waals surface area contributed by atoms with Gasteiger partial charge < -0.3 is 15.2 Å². The Morgan fingerprint density at radius 3 is 2.26 bits per heavy atom. The van der Waals surface area contributed by atoms with Gasteiger partial charge in [-0.25, -0.2) is 4.90 Å². The van der Waals surface area contributed by atoms with Crippen LogP contribution in [0.2, 0.25) is 0 Å². The van der Waals surface area contributed by atoms with Crippen LogP contribution in [-0.2, 0) is 0 Å². The number of hydrogen-bond acceptors (Lipinski definition) is 5. The number of aryl methyl sites for hydroxylation is 2. The minimum Gasteiger partial charge on any atom is -0.545 e. The van der Waals surface area contributed by atoms with E-state index in [9.17, 15) is 24.3 Å². The first-order chi connectivity index (χ1) is 14.8. The van der Waals surface area contributed by atoms with Crippen LogP contribution in [-0.4, -0.2) is 23.7 Å². The second-order valence-corrected chi connectivity index (χ2v) is 7.30. The lowest BCUT2D eigenvalue weighted by atomic mass is 10.1. The number of nitrogens with one attached hydrogen (secondary N) is 1. The number of carboxylic acids is 1. The Hall–Kier alpha value is -4.26. The van der Waals surface area contributed by atoms with Crippen molar-refractivity contribution in [2.24, 2.45) is 0 Å². The minimum absolute atomic E-state index is 0.0170. The molecule has 31 heavy (non-hydrogen) atoms. The predicted octanol–water partition coefficient (Wildman–Crippen LogP) is 2.72. The summed E-state index contributed by atoms with van der Waals surface area (Å²) in [4.78, 5) is 50.3. The van der Waals surface area contributed by atoms with Crippen LogP contribution in [0.25, 0.3) is 0 Å². The van der Waals surface area contributed by atoms with Crippen LogP contribution < -0.4 is 15.3 Å². The zero-order valence-corrected chi connectivity index (χ0v) is 16.8. The first-order valence-corrected chi connectivity index (χ1v) is 9.49. The Morgan fingerprint density at radius 2 is 1.55 bits per heavy atom. The van der Waals surface area contributed by atoms with E-state index in [-0.39, 0.29) is 33.8 Å². The van der Waals surface area contributed by atoms with Crippen molar-refractivity contribution in [3.63, 3.8) is 0 Å². The standard InChI is InChI=1S/C24H18N2O5/c1-13-6-8-17(10-14(13)2)25-21(27)15-4-3-5-18(11-15)26-22(28)19-9-7-16(24(30)31)12-20(19)23(26)29/h3-12H,1-2H3,(H,25,27)(H,30,31)/p-1. The van der Waals surface area contributed by atoms with Crippen molar-refractivity contribution in [3.8, 4) is 0 Å². The Morgan fingerprint density at radius 1 is 0.806 bits per heavy atom. The smallest absolute Gasteiger partial charge is 0.266 e. The molecule has 7 heteroatoms. The number of carboxylic acid groups (broad SMARTS) is 1. The average Bonchev–Trinajstić information content (AvgIpc) is 3.00. The van der Waals surface area contributed by atoms with E-state index in [1.807, 2.05) is 26.0 Å². The number of rotatable bonds is 4. The van der Waals surface area contributed by atoms with Crippen molar-refractivity contribution >= 4 is 35.1 Å². The number of hydrogen-bond donors (Lipinski definition) is 1. The summed E-state index contributed by atoms with van der Waals surface area (Å²) in [5.74, 6) is -3.07. The van der Waals surface area contributed by atoms with Gasteiger partial charge in [0.15, 0.2) is 0 Å². The average molecular weight is 413 g/mol. The topological polar surface area (TPSA) is 107 Å². The molecule has 0 saturated heterocycles. The molecule has 0 aliphatic carbocycles. The van der Waals surface area contributed by atoms with E-state index in [4.69, 9.17) is 0 Å². The fourth-order valence-electron chi connectivity index (χ4n) is 3.41. The number of carbonyl (C=O) groups is 4. The molecule has 3 aromatic carbocycles. The van der Waals surface area contributed by atoms with Crippen molar-refractivity contribution in [2.45, 2.75) is 13.8 Å². The van der Waals surface area contributed by atoms with Gasteiger partial charge in [-0.05, 0) is 73.0 Å². The van der Waals surface area contributed by atoms with E-state index < -0.39 is 17.8 Å². The van der Waals surface area contributed by atoms with Crippen LogP contribution in [0.4, 0.5) is 11.4 Å². The summed E-state index contributed by atoms with van der Waals surface area (Å²) < 4.78 is 0. The van der Waals surface area contributed by atoms with Crippen molar-refractivity contribution in [1.29, 1.82) is 0 Å². The second kappa shape index (κ2) is 7.53. The molecule has 0 bridgehead atoms. The van der Waals surface area contributed by atoms with Gasteiger partial charge in [0, 0.05) is 11.3 Å². The summed E-state index contributed by atoms with van der Waals surface area (Å²) >= 11 is 0. The molecule has 0 spiro atoms. The number of benzene rings is 3. The van der Waals surface area contributed by atoms with E-state index in [0.717, 1.165) is 22.1 Å². The summed E-state index contributed by atoms with van der Waals surface area (Å²) in [6.07, 6.45) is 0. The van der Waals surface area contributed by atoms with Gasteiger partial charge in [-0.1, -0.05) is 18.2 Å². The van der Waals surface area contributed by atoms with Gasteiger partial charge in [-0.2, -0.15) is 0 Å². The van der Waals surface area contributed by atoms with E-state index in [1.54, 1.807) is 18.2 Å². The number of fused-ring (bicyclic) bond motifs is 1. The Labute approximate surface area is 177 Å². The second-order valence-electron chi connectivity index (χ2n) is 7.30. The van der Waals surface area contributed by atoms with E-state index in [2.05, 4.69) is 5.32 Å². The Bertz CT molecular complexity index is 1280.